The van der Waals surface area contributed by atoms with Crippen LogP contribution in [-0.2, 0) is 5.41 Å². The normalized spacial score (nSPS) is 31.0. The molecule has 0 aromatic carbocycles. The SMILES string of the molecule is CCNC1CCC(C)(c2sccc2Br)C1. The van der Waals surface area contributed by atoms with Crippen molar-refractivity contribution in [1.82, 2.24) is 5.32 Å². The zero-order valence-corrected chi connectivity index (χ0v) is 11.7. The highest BCUT2D eigenvalue weighted by Crippen LogP contribution is 2.45. The Kier molecular flexibility index (Phi) is 3.53. The number of nitrogens with one attached hydrogen (secondary N) is 1. The van der Waals surface area contributed by atoms with E-state index in [1.54, 1.807) is 0 Å². The van der Waals surface area contributed by atoms with Crippen LogP contribution in [0.15, 0.2) is 15.9 Å². The molecule has 2 rings (SSSR count). The van der Waals surface area contributed by atoms with Gasteiger partial charge in [-0.15, -0.1) is 11.3 Å². The lowest BCUT2D eigenvalue weighted by atomic mass is 9.87. The number of thiophene rings is 1. The number of rotatable bonds is 3. The Bertz CT molecular complexity index is 336. The van der Waals surface area contributed by atoms with Gasteiger partial charge in [-0.2, -0.15) is 0 Å². The molecule has 1 aromatic rings. The van der Waals surface area contributed by atoms with Crippen LogP contribution in [0.1, 0.15) is 38.0 Å². The van der Waals surface area contributed by atoms with Gasteiger partial charge >= 0.3 is 0 Å². The fraction of sp³-hybridized carbons (Fsp3) is 0.667. The Morgan fingerprint density at radius 1 is 1.67 bits per heavy atom. The van der Waals surface area contributed by atoms with E-state index in [4.69, 9.17) is 0 Å². The summed E-state index contributed by atoms with van der Waals surface area (Å²) in [6.45, 7) is 5.68. The summed E-state index contributed by atoms with van der Waals surface area (Å²) in [6, 6.07) is 2.89. The molecular weight excluding hydrogens is 270 g/mol. The van der Waals surface area contributed by atoms with E-state index in [9.17, 15) is 0 Å². The van der Waals surface area contributed by atoms with Crippen LogP contribution in [-0.4, -0.2) is 12.6 Å². The van der Waals surface area contributed by atoms with E-state index in [-0.39, 0.29) is 0 Å². The molecule has 1 nitrogen and oxygen atoms in total. The van der Waals surface area contributed by atoms with Gasteiger partial charge in [-0.05, 0) is 53.2 Å². The minimum Gasteiger partial charge on any atom is -0.314 e. The van der Waals surface area contributed by atoms with E-state index in [0.717, 1.165) is 6.54 Å². The minimum absolute atomic E-state index is 0.389. The lowest BCUT2D eigenvalue weighted by Gasteiger charge is -2.23. The maximum Gasteiger partial charge on any atom is 0.0320 e. The van der Waals surface area contributed by atoms with Gasteiger partial charge in [-0.1, -0.05) is 13.8 Å². The van der Waals surface area contributed by atoms with Crippen LogP contribution in [0.2, 0.25) is 0 Å². The summed E-state index contributed by atoms with van der Waals surface area (Å²) in [7, 11) is 0. The zero-order valence-electron chi connectivity index (χ0n) is 9.35. The second-order valence-corrected chi connectivity index (χ2v) is 6.43. The standard InChI is InChI=1S/C12H18BrNS/c1-3-14-9-4-6-12(2,8-9)11-10(13)5-7-15-11/h5,7,9,14H,3-4,6,8H2,1-2H3. The van der Waals surface area contributed by atoms with Crippen molar-refractivity contribution in [2.24, 2.45) is 0 Å². The largest absolute Gasteiger partial charge is 0.314 e. The summed E-state index contributed by atoms with van der Waals surface area (Å²) in [5.41, 5.74) is 0.389. The van der Waals surface area contributed by atoms with Gasteiger partial charge < -0.3 is 5.32 Å². The molecule has 1 aliphatic carbocycles. The van der Waals surface area contributed by atoms with Crippen LogP contribution >= 0.6 is 27.3 Å². The van der Waals surface area contributed by atoms with Gasteiger partial charge in [0.05, 0.1) is 0 Å². The van der Waals surface area contributed by atoms with Gasteiger partial charge in [0.2, 0.25) is 0 Å². The van der Waals surface area contributed by atoms with E-state index in [1.807, 2.05) is 11.3 Å². The van der Waals surface area contributed by atoms with Crippen molar-refractivity contribution < 1.29 is 0 Å². The predicted molar refractivity (Wildman–Crippen MR) is 70.7 cm³/mol. The van der Waals surface area contributed by atoms with Crippen molar-refractivity contribution in [2.45, 2.75) is 44.6 Å². The Balaban J connectivity index is 2.13. The summed E-state index contributed by atoms with van der Waals surface area (Å²) in [6.07, 6.45) is 3.90. The van der Waals surface area contributed by atoms with E-state index in [2.05, 4.69) is 46.5 Å². The molecule has 1 aliphatic rings. The van der Waals surface area contributed by atoms with Gasteiger partial charge in [-0.3, -0.25) is 0 Å². The molecule has 1 N–H and O–H groups in total. The van der Waals surface area contributed by atoms with Crippen LogP contribution in [0, 0.1) is 0 Å². The quantitative estimate of drug-likeness (QED) is 0.888. The van der Waals surface area contributed by atoms with E-state index in [0.29, 0.717) is 11.5 Å². The van der Waals surface area contributed by atoms with Crippen LogP contribution < -0.4 is 5.32 Å². The minimum atomic E-state index is 0.389. The Morgan fingerprint density at radius 3 is 3.07 bits per heavy atom. The second kappa shape index (κ2) is 4.56. The zero-order chi connectivity index (χ0) is 10.9. The maximum absolute atomic E-state index is 3.66. The Morgan fingerprint density at radius 2 is 2.47 bits per heavy atom. The summed E-state index contributed by atoms with van der Waals surface area (Å²) in [5, 5.41) is 5.76. The van der Waals surface area contributed by atoms with Gasteiger partial charge in [0.15, 0.2) is 0 Å². The highest BCUT2D eigenvalue weighted by atomic mass is 79.9. The molecule has 0 radical (unpaired) electrons. The molecule has 1 heterocycles. The first kappa shape index (κ1) is 11.6. The van der Waals surface area contributed by atoms with E-state index >= 15 is 0 Å². The molecule has 2 unspecified atom stereocenters. The lowest BCUT2D eigenvalue weighted by molar-refractivity contribution is 0.464. The molecule has 1 aromatic heterocycles. The molecule has 2 atom stereocenters. The number of hydrogen-bond acceptors (Lipinski definition) is 2. The monoisotopic (exact) mass is 287 g/mol. The van der Waals surface area contributed by atoms with Crippen molar-refractivity contribution >= 4 is 27.3 Å². The first-order valence-corrected chi connectivity index (χ1v) is 7.30. The highest BCUT2D eigenvalue weighted by Gasteiger charge is 2.38. The Hall–Kier alpha value is 0.140. The van der Waals surface area contributed by atoms with Crippen LogP contribution in [0.3, 0.4) is 0 Å². The number of halogens is 1. The smallest absolute Gasteiger partial charge is 0.0320 e. The molecule has 0 spiro atoms. The van der Waals surface area contributed by atoms with Gasteiger partial charge in [0, 0.05) is 20.8 Å². The predicted octanol–water partition coefficient (Wildman–Crippen LogP) is 3.93. The van der Waals surface area contributed by atoms with Crippen LogP contribution in [0.5, 0.6) is 0 Å². The fourth-order valence-electron chi connectivity index (χ4n) is 2.63. The summed E-state index contributed by atoms with van der Waals surface area (Å²) in [4.78, 5) is 1.53. The molecule has 0 saturated heterocycles. The molecule has 1 saturated carbocycles. The third-order valence-corrected chi connectivity index (χ3v) is 5.54. The molecular formula is C12H18BrNS. The summed E-state index contributed by atoms with van der Waals surface area (Å²) >= 11 is 5.55. The summed E-state index contributed by atoms with van der Waals surface area (Å²) in [5.74, 6) is 0. The number of hydrogen-bond donors (Lipinski definition) is 1. The average molecular weight is 288 g/mol. The van der Waals surface area contributed by atoms with Crippen molar-refractivity contribution in [1.29, 1.82) is 0 Å². The summed E-state index contributed by atoms with van der Waals surface area (Å²) < 4.78 is 1.30. The topological polar surface area (TPSA) is 12.0 Å². The van der Waals surface area contributed by atoms with Crippen molar-refractivity contribution in [3.63, 3.8) is 0 Å². The first-order valence-electron chi connectivity index (χ1n) is 5.62. The van der Waals surface area contributed by atoms with Crippen molar-refractivity contribution in [2.75, 3.05) is 6.54 Å². The van der Waals surface area contributed by atoms with E-state index < -0.39 is 0 Å². The fourth-order valence-corrected chi connectivity index (χ4v) is 4.69. The molecule has 1 fully saturated rings. The van der Waals surface area contributed by atoms with E-state index in [1.165, 1.54) is 28.6 Å². The van der Waals surface area contributed by atoms with Gasteiger partial charge in [0.1, 0.15) is 0 Å². The molecule has 0 aliphatic heterocycles. The average Bonchev–Trinajstić information content (AvgIpc) is 2.75. The maximum atomic E-state index is 3.66. The first-order chi connectivity index (χ1) is 7.15. The van der Waals surface area contributed by atoms with Gasteiger partial charge in [0.25, 0.3) is 0 Å². The highest BCUT2D eigenvalue weighted by molar-refractivity contribution is 9.10. The van der Waals surface area contributed by atoms with Crippen molar-refractivity contribution in [3.8, 4) is 0 Å². The van der Waals surface area contributed by atoms with Crippen molar-refractivity contribution in [3.05, 3.63) is 20.8 Å². The third-order valence-electron chi connectivity index (χ3n) is 3.40. The molecule has 3 heteroatoms. The molecule has 0 bridgehead atoms. The van der Waals surface area contributed by atoms with Crippen LogP contribution in [0.4, 0.5) is 0 Å². The van der Waals surface area contributed by atoms with Crippen LogP contribution in [0.25, 0.3) is 0 Å². The second-order valence-electron chi connectivity index (χ2n) is 4.66. The lowest BCUT2D eigenvalue weighted by Crippen LogP contribution is -2.28. The third kappa shape index (κ3) is 2.29. The Labute approximate surface area is 104 Å². The molecule has 15 heavy (non-hydrogen) atoms. The van der Waals surface area contributed by atoms with Gasteiger partial charge in [-0.25, -0.2) is 0 Å². The molecule has 84 valence electrons. The molecule has 0 amide bonds.